The topological polar surface area (TPSA) is 125 Å². The van der Waals surface area contributed by atoms with Crippen molar-refractivity contribution in [3.63, 3.8) is 0 Å². The fourth-order valence-electron chi connectivity index (χ4n) is 0.669. The summed E-state index contributed by atoms with van der Waals surface area (Å²) in [5.41, 5.74) is 10.2. The molecule has 0 aromatic carbocycles. The van der Waals surface area contributed by atoms with Crippen LogP contribution >= 0.6 is 0 Å². The Morgan fingerprint density at radius 2 is 2.15 bits per heavy atom. The average molecular weight is 186 g/mol. The Morgan fingerprint density at radius 3 is 2.54 bits per heavy atom. The van der Waals surface area contributed by atoms with E-state index >= 15 is 0 Å². The van der Waals surface area contributed by atoms with Crippen molar-refractivity contribution in [1.82, 2.24) is 5.32 Å². The highest BCUT2D eigenvalue weighted by molar-refractivity contribution is 5.74. The van der Waals surface area contributed by atoms with Crippen molar-refractivity contribution >= 4 is 11.9 Å². The number of carboxylic acid groups (broad SMARTS) is 1. The van der Waals surface area contributed by atoms with Gasteiger partial charge in [-0.25, -0.2) is 0 Å². The average Bonchev–Trinajstić information content (AvgIpc) is 1.97. The highest BCUT2D eigenvalue weighted by atomic mass is 16.4. The van der Waals surface area contributed by atoms with E-state index in [2.05, 4.69) is 5.32 Å². The van der Waals surface area contributed by atoms with E-state index in [9.17, 15) is 4.79 Å². The van der Waals surface area contributed by atoms with Crippen molar-refractivity contribution in [2.45, 2.75) is 18.9 Å². The van der Waals surface area contributed by atoms with Crippen LogP contribution in [-0.4, -0.2) is 29.6 Å². The molecule has 0 fully saturated rings. The Balaban J connectivity index is 0. The molecule has 0 spiro atoms. The summed E-state index contributed by atoms with van der Waals surface area (Å²) in [4.78, 5) is 10.2. The lowest BCUT2D eigenvalue weighted by Gasteiger charge is -2.06. The number of hydrogen-bond acceptors (Lipinski definition) is 3. The van der Waals surface area contributed by atoms with Crippen molar-refractivity contribution in [3.05, 3.63) is 7.43 Å². The first-order valence-electron chi connectivity index (χ1n) is 3.60. The number of carboxylic acids is 1. The monoisotopic (exact) mass is 186 g/mol. The quantitative estimate of drug-likeness (QED) is 0.208. The van der Waals surface area contributed by atoms with Crippen LogP contribution in [0.1, 0.15) is 12.8 Å². The van der Waals surface area contributed by atoms with Gasteiger partial charge in [0, 0.05) is 14.0 Å². The van der Waals surface area contributed by atoms with Gasteiger partial charge in [-0.3, -0.25) is 10.2 Å². The molecule has 6 nitrogen and oxygen atoms in total. The first-order chi connectivity index (χ1) is 5.54. The molecule has 0 aliphatic heterocycles. The fraction of sp³-hybridized carbons (Fsp3) is 0.571. The molecular formula is C7H14N4O2. The maximum absolute atomic E-state index is 10.2. The van der Waals surface area contributed by atoms with Gasteiger partial charge in [0.25, 0.3) is 0 Å². The van der Waals surface area contributed by atoms with Crippen LogP contribution < -0.4 is 16.8 Å². The van der Waals surface area contributed by atoms with E-state index in [1.165, 1.54) is 0 Å². The van der Waals surface area contributed by atoms with Gasteiger partial charge in [-0.05, 0) is 12.8 Å². The minimum absolute atomic E-state index is 0. The summed E-state index contributed by atoms with van der Waals surface area (Å²) < 4.78 is 0. The molecule has 0 aliphatic carbocycles. The second kappa shape index (κ2) is 7.35. The van der Waals surface area contributed by atoms with Crippen LogP contribution in [0.5, 0.6) is 0 Å². The van der Waals surface area contributed by atoms with Crippen molar-refractivity contribution in [2.24, 2.45) is 11.5 Å². The van der Waals surface area contributed by atoms with E-state index in [-0.39, 0.29) is 13.4 Å². The van der Waals surface area contributed by atoms with Gasteiger partial charge in [0.05, 0.1) is 0 Å². The first-order valence-corrected chi connectivity index (χ1v) is 3.60. The molecule has 0 bridgehead atoms. The van der Waals surface area contributed by atoms with Gasteiger partial charge in [-0.2, -0.15) is 0 Å². The molecule has 74 valence electrons. The smallest absolute Gasteiger partial charge is 0.320 e. The highest BCUT2D eigenvalue weighted by Crippen LogP contribution is 1.92. The molecule has 0 saturated carbocycles. The number of rotatable bonds is 5. The van der Waals surface area contributed by atoms with E-state index < -0.39 is 12.0 Å². The Hall–Kier alpha value is -1.30. The Labute approximate surface area is 77.8 Å². The van der Waals surface area contributed by atoms with Gasteiger partial charge in [-0.1, -0.05) is 0 Å². The summed E-state index contributed by atoms with van der Waals surface area (Å²) in [5, 5.41) is 17.7. The van der Waals surface area contributed by atoms with Crippen LogP contribution in [0.15, 0.2) is 0 Å². The van der Waals surface area contributed by atoms with Crippen LogP contribution in [-0.2, 0) is 4.79 Å². The molecule has 0 rings (SSSR count). The molecule has 0 heterocycles. The van der Waals surface area contributed by atoms with Crippen LogP contribution in [0, 0.1) is 12.8 Å². The van der Waals surface area contributed by atoms with Gasteiger partial charge >= 0.3 is 5.97 Å². The molecule has 0 amide bonds. The van der Waals surface area contributed by atoms with E-state index in [1.54, 1.807) is 0 Å². The molecule has 7 N–H and O–H groups in total. The second-order valence-corrected chi connectivity index (χ2v) is 2.43. The standard InChI is InChI=1S/C6H14N4O2.C/c7-4(5(11)12)2-1-3-10-6(8)9;/h4H,1-3,7H2,(H,11,12)(H4,8,9,10);/t4-;/m0./s1. The third kappa shape index (κ3) is 8.61. The molecular weight excluding hydrogens is 172 g/mol. The molecule has 4 radical (unpaired) electrons. The number of nitrogens with one attached hydrogen (secondary N) is 2. The van der Waals surface area contributed by atoms with Crippen LogP contribution in [0.3, 0.4) is 0 Å². The second-order valence-electron chi connectivity index (χ2n) is 2.43. The maximum Gasteiger partial charge on any atom is 0.320 e. The summed E-state index contributed by atoms with van der Waals surface area (Å²) in [6, 6.07) is -0.821. The van der Waals surface area contributed by atoms with E-state index in [4.69, 9.17) is 22.0 Å². The summed E-state index contributed by atoms with van der Waals surface area (Å²) in [6.07, 6.45) is 0.975. The van der Waals surface area contributed by atoms with Crippen LogP contribution in [0.25, 0.3) is 0 Å². The number of guanidine groups is 1. The molecule has 13 heavy (non-hydrogen) atoms. The van der Waals surface area contributed by atoms with Gasteiger partial charge in [0.1, 0.15) is 6.04 Å². The molecule has 1 atom stereocenters. The zero-order valence-corrected chi connectivity index (χ0v) is 7.21. The maximum atomic E-state index is 10.2. The van der Waals surface area contributed by atoms with Crippen molar-refractivity contribution in [1.29, 1.82) is 5.41 Å². The lowest BCUT2D eigenvalue weighted by Crippen LogP contribution is -2.34. The van der Waals surface area contributed by atoms with Gasteiger partial charge in [0.15, 0.2) is 5.96 Å². The third-order valence-corrected chi connectivity index (χ3v) is 1.32. The summed E-state index contributed by atoms with van der Waals surface area (Å²) in [6.45, 7) is 0.482. The van der Waals surface area contributed by atoms with E-state index in [1.807, 2.05) is 0 Å². The predicted molar refractivity (Wildman–Crippen MR) is 48.0 cm³/mol. The minimum Gasteiger partial charge on any atom is -0.480 e. The minimum atomic E-state index is -1.00. The molecule has 0 aromatic rings. The SMILES string of the molecule is N=C(N)NCCC[C@H](N)C(=O)O.[C]. The Kier molecular flexibility index (Phi) is 8.05. The number of hydrogen-bond donors (Lipinski definition) is 5. The van der Waals surface area contributed by atoms with Crippen molar-refractivity contribution in [3.8, 4) is 0 Å². The largest absolute Gasteiger partial charge is 0.480 e. The molecule has 0 saturated heterocycles. The molecule has 0 aliphatic rings. The fourth-order valence-corrected chi connectivity index (χ4v) is 0.669. The molecule has 0 aromatic heterocycles. The number of aliphatic carboxylic acids is 1. The van der Waals surface area contributed by atoms with Crippen molar-refractivity contribution < 1.29 is 9.90 Å². The highest BCUT2D eigenvalue weighted by Gasteiger charge is 2.09. The van der Waals surface area contributed by atoms with Gasteiger partial charge in [-0.15, -0.1) is 0 Å². The number of nitrogens with two attached hydrogens (primary N) is 2. The molecule has 6 heteroatoms. The van der Waals surface area contributed by atoms with E-state index in [0.717, 1.165) is 0 Å². The molecule has 0 unspecified atom stereocenters. The number of carbonyl (C=O) groups is 1. The first kappa shape index (κ1) is 14.2. The lowest BCUT2D eigenvalue weighted by molar-refractivity contribution is -0.138. The normalized spacial score (nSPS) is 11.2. The lowest BCUT2D eigenvalue weighted by atomic mass is 10.2. The zero-order chi connectivity index (χ0) is 9.56. The van der Waals surface area contributed by atoms with E-state index in [0.29, 0.717) is 19.4 Å². The predicted octanol–water partition coefficient (Wildman–Crippen LogP) is -1.26. The zero-order valence-electron chi connectivity index (χ0n) is 7.21. The van der Waals surface area contributed by atoms with Gasteiger partial charge < -0.3 is 21.9 Å². The Bertz CT molecular complexity index is 172. The van der Waals surface area contributed by atoms with Crippen LogP contribution in [0.4, 0.5) is 0 Å². The third-order valence-electron chi connectivity index (χ3n) is 1.32. The van der Waals surface area contributed by atoms with Gasteiger partial charge in [0.2, 0.25) is 0 Å². The summed E-state index contributed by atoms with van der Waals surface area (Å²) in [7, 11) is 0. The summed E-state index contributed by atoms with van der Waals surface area (Å²) >= 11 is 0. The summed E-state index contributed by atoms with van der Waals surface area (Å²) in [5.74, 6) is -1.11. The van der Waals surface area contributed by atoms with Crippen molar-refractivity contribution in [2.75, 3.05) is 6.54 Å². The van der Waals surface area contributed by atoms with Crippen LogP contribution in [0.2, 0.25) is 0 Å². The Morgan fingerprint density at radius 1 is 1.62 bits per heavy atom.